The first-order valence-electron chi connectivity index (χ1n) is 8.27. The van der Waals surface area contributed by atoms with Gasteiger partial charge in [0.2, 0.25) is 0 Å². The van der Waals surface area contributed by atoms with Crippen molar-refractivity contribution in [3.05, 3.63) is 41.0 Å². The van der Waals surface area contributed by atoms with Crippen LogP contribution in [0.5, 0.6) is 5.75 Å². The zero-order chi connectivity index (χ0) is 17.5. The summed E-state index contributed by atoms with van der Waals surface area (Å²) in [5.41, 5.74) is 10.5. The Balaban J connectivity index is 2.08. The van der Waals surface area contributed by atoms with E-state index >= 15 is 0 Å². The maximum absolute atomic E-state index is 6.08. The van der Waals surface area contributed by atoms with Crippen LogP contribution in [0.4, 0.5) is 0 Å². The summed E-state index contributed by atoms with van der Waals surface area (Å²) in [6.45, 7) is 11.2. The van der Waals surface area contributed by atoms with Crippen LogP contribution in [0.2, 0.25) is 0 Å². The molecule has 0 unspecified atom stereocenters. The van der Waals surface area contributed by atoms with Gasteiger partial charge in [-0.3, -0.25) is 4.40 Å². The van der Waals surface area contributed by atoms with Gasteiger partial charge in [0.15, 0.2) is 4.96 Å². The number of imidazole rings is 1. The molecule has 2 N–H and O–H groups in total. The van der Waals surface area contributed by atoms with E-state index in [4.69, 9.17) is 15.5 Å². The Hall–Kier alpha value is -1.85. The summed E-state index contributed by atoms with van der Waals surface area (Å²) >= 11 is 1.67. The van der Waals surface area contributed by atoms with E-state index in [1.165, 1.54) is 5.69 Å². The van der Waals surface area contributed by atoms with Gasteiger partial charge >= 0.3 is 0 Å². The van der Waals surface area contributed by atoms with Crippen molar-refractivity contribution in [2.24, 2.45) is 5.73 Å². The summed E-state index contributed by atoms with van der Waals surface area (Å²) in [5.74, 6) is 0.874. The molecule has 0 aliphatic carbocycles. The third kappa shape index (κ3) is 3.06. The quantitative estimate of drug-likeness (QED) is 0.753. The first kappa shape index (κ1) is 17.0. The summed E-state index contributed by atoms with van der Waals surface area (Å²) in [4.78, 5) is 5.84. The van der Waals surface area contributed by atoms with Gasteiger partial charge in [0.05, 0.1) is 17.5 Å². The van der Waals surface area contributed by atoms with Crippen LogP contribution >= 0.6 is 11.3 Å². The van der Waals surface area contributed by atoms with Crippen LogP contribution in [0.25, 0.3) is 16.2 Å². The molecule has 0 aliphatic heterocycles. The van der Waals surface area contributed by atoms with E-state index in [9.17, 15) is 0 Å². The molecule has 0 saturated heterocycles. The Kier molecular flexibility index (Phi) is 4.40. The number of aromatic nitrogens is 2. The first-order chi connectivity index (χ1) is 11.3. The van der Waals surface area contributed by atoms with Crippen LogP contribution in [0.15, 0.2) is 29.6 Å². The number of hydrogen-bond acceptors (Lipinski definition) is 4. The molecule has 0 aliphatic rings. The SMILES string of the molecule is CC(C)Oc1ccc(-c2nc3scc(C(C)(C)C)n3c2CN)cc1. The van der Waals surface area contributed by atoms with Crippen LogP contribution in [0, 0.1) is 0 Å². The fourth-order valence-electron chi connectivity index (χ4n) is 2.82. The number of rotatable bonds is 4. The van der Waals surface area contributed by atoms with Crippen LogP contribution in [-0.2, 0) is 12.0 Å². The molecule has 3 aromatic rings. The molecule has 0 spiro atoms. The highest BCUT2D eigenvalue weighted by Crippen LogP contribution is 2.33. The van der Waals surface area contributed by atoms with E-state index in [1.807, 2.05) is 26.0 Å². The van der Waals surface area contributed by atoms with Crippen molar-refractivity contribution in [1.82, 2.24) is 9.38 Å². The molecule has 128 valence electrons. The Morgan fingerprint density at radius 1 is 1.21 bits per heavy atom. The Morgan fingerprint density at radius 2 is 1.88 bits per heavy atom. The Bertz CT molecular complexity index is 838. The molecule has 0 radical (unpaired) electrons. The zero-order valence-corrected chi connectivity index (χ0v) is 15.8. The van der Waals surface area contributed by atoms with Crippen molar-refractivity contribution in [1.29, 1.82) is 0 Å². The molecule has 4 nitrogen and oxygen atoms in total. The van der Waals surface area contributed by atoms with E-state index in [-0.39, 0.29) is 11.5 Å². The second kappa shape index (κ2) is 6.22. The van der Waals surface area contributed by atoms with E-state index in [0.29, 0.717) is 6.54 Å². The molecule has 0 bridgehead atoms. The average molecular weight is 343 g/mol. The Morgan fingerprint density at radius 3 is 2.42 bits per heavy atom. The summed E-state index contributed by atoms with van der Waals surface area (Å²) < 4.78 is 7.94. The molecular formula is C19H25N3OS. The molecule has 1 aromatic carbocycles. The lowest BCUT2D eigenvalue weighted by atomic mass is 9.93. The predicted molar refractivity (Wildman–Crippen MR) is 101 cm³/mol. The normalized spacial score (nSPS) is 12.3. The van der Waals surface area contributed by atoms with Gasteiger partial charge in [-0.15, -0.1) is 11.3 Å². The van der Waals surface area contributed by atoms with Gasteiger partial charge in [-0.25, -0.2) is 4.98 Å². The summed E-state index contributed by atoms with van der Waals surface area (Å²) in [7, 11) is 0. The first-order valence-corrected chi connectivity index (χ1v) is 9.15. The molecule has 3 rings (SSSR count). The molecule has 0 saturated carbocycles. The van der Waals surface area contributed by atoms with Gasteiger partial charge in [0.25, 0.3) is 0 Å². The molecule has 5 heteroatoms. The monoisotopic (exact) mass is 343 g/mol. The summed E-state index contributed by atoms with van der Waals surface area (Å²) in [5, 5.41) is 2.19. The molecule has 2 heterocycles. The van der Waals surface area contributed by atoms with Crippen LogP contribution in [0.1, 0.15) is 46.0 Å². The van der Waals surface area contributed by atoms with Gasteiger partial charge in [-0.2, -0.15) is 0 Å². The van der Waals surface area contributed by atoms with Crippen molar-refractivity contribution in [3.8, 4) is 17.0 Å². The van der Waals surface area contributed by atoms with E-state index in [2.05, 4.69) is 42.7 Å². The lowest BCUT2D eigenvalue weighted by Crippen LogP contribution is -2.16. The summed E-state index contributed by atoms with van der Waals surface area (Å²) in [6.07, 6.45) is 0.169. The minimum absolute atomic E-state index is 0.0507. The third-order valence-corrected chi connectivity index (χ3v) is 4.75. The number of nitrogens with zero attached hydrogens (tertiary/aromatic N) is 2. The minimum atomic E-state index is 0.0507. The second-order valence-electron chi connectivity index (χ2n) is 7.29. The highest BCUT2D eigenvalue weighted by atomic mass is 32.1. The molecule has 0 fully saturated rings. The number of thiazole rings is 1. The highest BCUT2D eigenvalue weighted by Gasteiger charge is 2.23. The van der Waals surface area contributed by atoms with E-state index < -0.39 is 0 Å². The standard InChI is InChI=1S/C19H25N3OS/c1-12(2)23-14-8-6-13(7-9-14)17-15(10-20)22-16(19(3,4)5)11-24-18(22)21-17/h6-9,11-12H,10,20H2,1-5H3. The van der Waals surface area contributed by atoms with E-state index in [1.54, 1.807) is 11.3 Å². The van der Waals surface area contributed by atoms with Crippen LogP contribution < -0.4 is 10.5 Å². The van der Waals surface area contributed by atoms with Crippen LogP contribution in [-0.4, -0.2) is 15.5 Å². The number of benzene rings is 1. The van der Waals surface area contributed by atoms with Gasteiger partial charge < -0.3 is 10.5 Å². The maximum atomic E-state index is 6.08. The minimum Gasteiger partial charge on any atom is -0.491 e. The number of nitrogens with two attached hydrogens (primary N) is 1. The molecular weight excluding hydrogens is 318 g/mol. The lowest BCUT2D eigenvalue weighted by molar-refractivity contribution is 0.242. The number of ether oxygens (including phenoxy) is 1. The fraction of sp³-hybridized carbons (Fsp3) is 0.421. The van der Waals surface area contributed by atoms with Crippen molar-refractivity contribution in [2.45, 2.75) is 52.7 Å². The van der Waals surface area contributed by atoms with Crippen molar-refractivity contribution in [2.75, 3.05) is 0 Å². The zero-order valence-electron chi connectivity index (χ0n) is 15.0. The maximum Gasteiger partial charge on any atom is 0.194 e. The van der Waals surface area contributed by atoms with Crippen molar-refractivity contribution >= 4 is 16.3 Å². The van der Waals surface area contributed by atoms with Crippen molar-refractivity contribution in [3.63, 3.8) is 0 Å². The summed E-state index contributed by atoms with van der Waals surface area (Å²) in [6, 6.07) is 8.10. The number of fused-ring (bicyclic) bond motifs is 1. The molecule has 0 amide bonds. The average Bonchev–Trinajstić information content (AvgIpc) is 3.04. The molecule has 24 heavy (non-hydrogen) atoms. The predicted octanol–water partition coefficient (Wildman–Crippen LogP) is 4.61. The van der Waals surface area contributed by atoms with Crippen molar-refractivity contribution < 1.29 is 4.74 Å². The lowest BCUT2D eigenvalue weighted by Gasteiger charge is -2.18. The highest BCUT2D eigenvalue weighted by molar-refractivity contribution is 7.15. The topological polar surface area (TPSA) is 52.5 Å². The van der Waals surface area contributed by atoms with Gasteiger partial charge in [0, 0.05) is 28.6 Å². The van der Waals surface area contributed by atoms with Crippen LogP contribution in [0.3, 0.4) is 0 Å². The smallest absolute Gasteiger partial charge is 0.194 e. The molecule has 2 aromatic heterocycles. The van der Waals surface area contributed by atoms with Gasteiger partial charge in [0.1, 0.15) is 5.75 Å². The second-order valence-corrected chi connectivity index (χ2v) is 8.13. The molecule has 0 atom stereocenters. The third-order valence-electron chi connectivity index (χ3n) is 3.92. The van der Waals surface area contributed by atoms with E-state index in [0.717, 1.165) is 27.7 Å². The Labute approximate surface area is 147 Å². The fourth-order valence-corrected chi connectivity index (χ4v) is 3.95. The number of hydrogen-bond donors (Lipinski definition) is 1. The van der Waals surface area contributed by atoms with Gasteiger partial charge in [-0.05, 0) is 38.1 Å². The van der Waals surface area contributed by atoms with Gasteiger partial charge in [-0.1, -0.05) is 20.8 Å². The largest absolute Gasteiger partial charge is 0.491 e.